The molecule has 4 nitrogen and oxygen atoms in total. The van der Waals surface area contributed by atoms with Gasteiger partial charge in [-0.05, 0) is 19.1 Å². The fraction of sp³-hybridized carbons (Fsp3) is 0.400. The largest absolute Gasteiger partial charge is 0.478 e. The van der Waals surface area contributed by atoms with Crippen LogP contribution in [-0.4, -0.2) is 22.6 Å². The molecule has 1 aromatic rings. The van der Waals surface area contributed by atoms with E-state index in [1.807, 2.05) is 6.92 Å². The number of aromatic nitrogens is 1. The third-order valence-corrected chi connectivity index (χ3v) is 2.08. The Hall–Kier alpha value is -1.42. The second kappa shape index (κ2) is 4.19. The summed E-state index contributed by atoms with van der Waals surface area (Å²) in [6.07, 6.45) is 0. The van der Waals surface area contributed by atoms with Gasteiger partial charge in [-0.3, -0.25) is 4.98 Å². The molecular formula is C10H14N2O2. The quantitative estimate of drug-likeness (QED) is 0.756. The number of aryl methyl sites for hydroxylation is 1. The Morgan fingerprint density at radius 1 is 1.64 bits per heavy atom. The first-order valence-electron chi connectivity index (χ1n) is 4.46. The number of carboxylic acid groups (broad SMARTS) is 1. The molecule has 0 aromatic carbocycles. The lowest BCUT2D eigenvalue weighted by molar-refractivity contribution is 0.0696. The van der Waals surface area contributed by atoms with Crippen LogP contribution in [-0.2, 0) is 0 Å². The summed E-state index contributed by atoms with van der Waals surface area (Å²) in [6, 6.07) is 3.13. The van der Waals surface area contributed by atoms with E-state index < -0.39 is 5.97 Å². The Morgan fingerprint density at radius 2 is 2.29 bits per heavy atom. The van der Waals surface area contributed by atoms with Crippen LogP contribution < -0.4 is 5.73 Å². The minimum absolute atomic E-state index is 0.0907. The Kier molecular flexibility index (Phi) is 3.19. The zero-order valence-electron chi connectivity index (χ0n) is 8.32. The average Bonchev–Trinajstić information content (AvgIpc) is 2.15. The van der Waals surface area contributed by atoms with Crippen molar-refractivity contribution < 1.29 is 9.90 Å². The van der Waals surface area contributed by atoms with Crippen molar-refractivity contribution in [2.45, 2.75) is 19.8 Å². The summed E-state index contributed by atoms with van der Waals surface area (Å²) in [5.41, 5.74) is 7.21. The van der Waals surface area contributed by atoms with Crippen LogP contribution in [0, 0.1) is 6.92 Å². The average molecular weight is 194 g/mol. The maximum Gasteiger partial charge on any atom is 0.335 e. The smallest absolute Gasteiger partial charge is 0.335 e. The van der Waals surface area contributed by atoms with Gasteiger partial charge in [0.15, 0.2) is 0 Å². The van der Waals surface area contributed by atoms with Crippen LogP contribution in [0.5, 0.6) is 0 Å². The predicted molar refractivity (Wildman–Crippen MR) is 53.4 cm³/mol. The van der Waals surface area contributed by atoms with Gasteiger partial charge in [-0.25, -0.2) is 4.79 Å². The van der Waals surface area contributed by atoms with Gasteiger partial charge in [0.25, 0.3) is 0 Å². The highest BCUT2D eigenvalue weighted by molar-refractivity contribution is 5.87. The predicted octanol–water partition coefficient (Wildman–Crippen LogP) is 1.15. The summed E-state index contributed by atoms with van der Waals surface area (Å²) in [6.45, 7) is 4.17. The molecule has 4 heteroatoms. The Bertz CT molecular complexity index is 350. The van der Waals surface area contributed by atoms with Gasteiger partial charge in [0.1, 0.15) is 0 Å². The molecule has 0 spiro atoms. The molecule has 1 aromatic heterocycles. The third kappa shape index (κ3) is 2.29. The van der Waals surface area contributed by atoms with Gasteiger partial charge in [-0.15, -0.1) is 0 Å². The van der Waals surface area contributed by atoms with Crippen molar-refractivity contribution in [1.82, 2.24) is 4.98 Å². The Morgan fingerprint density at radius 3 is 2.79 bits per heavy atom. The van der Waals surface area contributed by atoms with Gasteiger partial charge in [0.05, 0.1) is 5.56 Å². The SMILES string of the molecule is Cc1cc(C(=O)O)cc(C(C)CN)n1. The first-order valence-corrected chi connectivity index (χ1v) is 4.46. The van der Waals surface area contributed by atoms with Gasteiger partial charge in [-0.2, -0.15) is 0 Å². The summed E-state index contributed by atoms with van der Waals surface area (Å²) < 4.78 is 0. The van der Waals surface area contributed by atoms with Gasteiger partial charge in [0.2, 0.25) is 0 Å². The number of pyridine rings is 1. The molecule has 1 atom stereocenters. The second-order valence-electron chi connectivity index (χ2n) is 3.36. The lowest BCUT2D eigenvalue weighted by Gasteiger charge is -2.09. The molecule has 0 amide bonds. The molecule has 1 rings (SSSR count). The number of carbonyl (C=O) groups is 1. The number of rotatable bonds is 3. The molecule has 0 radical (unpaired) electrons. The van der Waals surface area contributed by atoms with Gasteiger partial charge < -0.3 is 10.8 Å². The molecular weight excluding hydrogens is 180 g/mol. The second-order valence-corrected chi connectivity index (χ2v) is 3.36. The lowest BCUT2D eigenvalue weighted by atomic mass is 10.0. The standard InChI is InChI=1S/C10H14N2O2/c1-6(5-11)9-4-8(10(13)14)3-7(2)12-9/h3-4,6H,5,11H2,1-2H3,(H,13,14). The van der Waals surface area contributed by atoms with E-state index in [4.69, 9.17) is 10.8 Å². The van der Waals surface area contributed by atoms with E-state index in [0.29, 0.717) is 12.2 Å². The van der Waals surface area contributed by atoms with Crippen molar-refractivity contribution in [3.8, 4) is 0 Å². The maximum atomic E-state index is 10.8. The van der Waals surface area contributed by atoms with Gasteiger partial charge in [-0.1, -0.05) is 6.92 Å². The van der Waals surface area contributed by atoms with Crippen LogP contribution in [0.3, 0.4) is 0 Å². The summed E-state index contributed by atoms with van der Waals surface area (Å²) in [5.74, 6) is -0.839. The summed E-state index contributed by atoms with van der Waals surface area (Å²) in [7, 11) is 0. The van der Waals surface area contributed by atoms with Gasteiger partial charge in [0, 0.05) is 23.9 Å². The number of hydrogen-bond donors (Lipinski definition) is 2. The molecule has 0 saturated carbocycles. The first-order chi connectivity index (χ1) is 6.54. The van der Waals surface area contributed by atoms with Crippen LogP contribution in [0.1, 0.15) is 34.6 Å². The molecule has 0 aliphatic carbocycles. The fourth-order valence-corrected chi connectivity index (χ4v) is 1.19. The number of nitrogens with zero attached hydrogens (tertiary/aromatic N) is 1. The van der Waals surface area contributed by atoms with Crippen LogP contribution >= 0.6 is 0 Å². The highest BCUT2D eigenvalue weighted by atomic mass is 16.4. The monoisotopic (exact) mass is 194 g/mol. The number of hydrogen-bond acceptors (Lipinski definition) is 3. The van der Waals surface area contributed by atoms with E-state index in [9.17, 15) is 4.79 Å². The Labute approximate surface area is 82.8 Å². The summed E-state index contributed by atoms with van der Waals surface area (Å²) in [5, 5.41) is 8.83. The molecule has 14 heavy (non-hydrogen) atoms. The van der Waals surface area contributed by atoms with Crippen molar-refractivity contribution >= 4 is 5.97 Å². The topological polar surface area (TPSA) is 76.2 Å². The van der Waals surface area contributed by atoms with E-state index in [0.717, 1.165) is 5.69 Å². The highest BCUT2D eigenvalue weighted by Gasteiger charge is 2.10. The van der Waals surface area contributed by atoms with Crippen molar-refractivity contribution in [2.75, 3.05) is 6.54 Å². The van der Waals surface area contributed by atoms with Crippen LogP contribution in [0.25, 0.3) is 0 Å². The molecule has 0 fully saturated rings. The van der Waals surface area contributed by atoms with E-state index in [1.54, 1.807) is 19.1 Å². The number of nitrogens with two attached hydrogens (primary N) is 1. The minimum Gasteiger partial charge on any atom is -0.478 e. The van der Waals surface area contributed by atoms with E-state index in [2.05, 4.69) is 4.98 Å². The molecule has 3 N–H and O–H groups in total. The zero-order chi connectivity index (χ0) is 10.7. The van der Waals surface area contributed by atoms with E-state index in [1.165, 1.54) is 0 Å². The first kappa shape index (κ1) is 10.7. The van der Waals surface area contributed by atoms with Crippen molar-refractivity contribution in [3.05, 3.63) is 29.1 Å². The highest BCUT2D eigenvalue weighted by Crippen LogP contribution is 2.14. The van der Waals surface area contributed by atoms with Crippen molar-refractivity contribution in [1.29, 1.82) is 0 Å². The summed E-state index contributed by atoms with van der Waals surface area (Å²) >= 11 is 0. The normalized spacial score (nSPS) is 12.5. The van der Waals surface area contributed by atoms with Crippen LogP contribution in [0.15, 0.2) is 12.1 Å². The molecule has 1 unspecified atom stereocenters. The van der Waals surface area contributed by atoms with E-state index in [-0.39, 0.29) is 11.5 Å². The fourth-order valence-electron chi connectivity index (χ4n) is 1.19. The van der Waals surface area contributed by atoms with E-state index >= 15 is 0 Å². The van der Waals surface area contributed by atoms with Crippen molar-refractivity contribution in [3.63, 3.8) is 0 Å². The molecule has 0 aliphatic rings. The summed E-state index contributed by atoms with van der Waals surface area (Å²) in [4.78, 5) is 15.0. The van der Waals surface area contributed by atoms with Crippen LogP contribution in [0.4, 0.5) is 0 Å². The lowest BCUT2D eigenvalue weighted by Crippen LogP contribution is -2.12. The number of carboxylic acids is 1. The molecule has 0 saturated heterocycles. The van der Waals surface area contributed by atoms with Crippen molar-refractivity contribution in [2.24, 2.45) is 5.73 Å². The molecule has 0 bridgehead atoms. The molecule has 76 valence electrons. The van der Waals surface area contributed by atoms with Gasteiger partial charge >= 0.3 is 5.97 Å². The number of aromatic carboxylic acids is 1. The molecule has 1 heterocycles. The molecule has 0 aliphatic heterocycles. The zero-order valence-corrected chi connectivity index (χ0v) is 8.32. The third-order valence-electron chi connectivity index (χ3n) is 2.08. The Balaban J connectivity index is 3.13. The maximum absolute atomic E-state index is 10.8. The minimum atomic E-state index is -0.930. The van der Waals surface area contributed by atoms with Crippen LogP contribution in [0.2, 0.25) is 0 Å².